The molecule has 0 unspecified atom stereocenters. The van der Waals surface area contributed by atoms with Crippen molar-refractivity contribution in [2.75, 3.05) is 19.6 Å². The Kier molecular flexibility index (Phi) is 4.66. The zero-order chi connectivity index (χ0) is 19.0. The first-order valence-electron chi connectivity index (χ1n) is 9.62. The molecule has 0 spiro atoms. The summed E-state index contributed by atoms with van der Waals surface area (Å²) in [6.45, 7) is 12.8. The van der Waals surface area contributed by atoms with Crippen LogP contribution in [0.4, 0.5) is 0 Å². The number of hydrogen-bond acceptors (Lipinski definition) is 4. The minimum Gasteiger partial charge on any atom is -0.328 e. The molecule has 4 aromatic rings. The van der Waals surface area contributed by atoms with Crippen LogP contribution in [-0.4, -0.2) is 48.7 Å². The molecular weight excluding hydrogens is 336 g/mol. The van der Waals surface area contributed by atoms with Gasteiger partial charge in [-0.15, -0.1) is 5.10 Å². The summed E-state index contributed by atoms with van der Waals surface area (Å²) in [7, 11) is 0. The lowest BCUT2D eigenvalue weighted by atomic mass is 10.2. The molecule has 140 valence electrons. The number of benzene rings is 1. The minimum atomic E-state index is 0.734. The molecule has 0 aliphatic carbocycles. The number of rotatable bonds is 6. The average Bonchev–Trinajstić information content (AvgIpc) is 3.24. The van der Waals surface area contributed by atoms with Gasteiger partial charge in [-0.05, 0) is 32.5 Å². The molecule has 0 radical (unpaired) electrons. The molecule has 6 heteroatoms. The van der Waals surface area contributed by atoms with E-state index in [0.717, 1.165) is 54.2 Å². The van der Waals surface area contributed by atoms with Crippen molar-refractivity contribution in [2.24, 2.45) is 0 Å². The summed E-state index contributed by atoms with van der Waals surface area (Å²) in [6, 6.07) is 10.1. The quantitative estimate of drug-likeness (QED) is 0.525. The number of fused-ring (bicyclic) bond motifs is 3. The van der Waals surface area contributed by atoms with E-state index in [-0.39, 0.29) is 0 Å². The van der Waals surface area contributed by atoms with Gasteiger partial charge in [-0.2, -0.15) is 0 Å². The van der Waals surface area contributed by atoms with Crippen LogP contribution in [-0.2, 0) is 6.54 Å². The Morgan fingerprint density at radius 3 is 2.44 bits per heavy atom. The van der Waals surface area contributed by atoms with Crippen molar-refractivity contribution in [3.63, 3.8) is 0 Å². The predicted molar refractivity (Wildman–Crippen MR) is 109 cm³/mol. The lowest BCUT2D eigenvalue weighted by Crippen LogP contribution is -2.27. The van der Waals surface area contributed by atoms with Gasteiger partial charge in [0.2, 0.25) is 0 Å². The van der Waals surface area contributed by atoms with Crippen LogP contribution in [0.1, 0.15) is 25.1 Å². The third-order valence-corrected chi connectivity index (χ3v) is 5.51. The summed E-state index contributed by atoms with van der Waals surface area (Å²) in [5.74, 6) is 0.734. The molecule has 4 rings (SSSR count). The molecule has 0 bridgehead atoms. The van der Waals surface area contributed by atoms with E-state index in [4.69, 9.17) is 9.97 Å². The predicted octanol–water partition coefficient (Wildman–Crippen LogP) is 3.70. The Morgan fingerprint density at radius 2 is 1.74 bits per heavy atom. The molecule has 3 heterocycles. The van der Waals surface area contributed by atoms with E-state index in [1.54, 1.807) is 10.8 Å². The van der Waals surface area contributed by atoms with Crippen molar-refractivity contribution >= 4 is 16.7 Å². The Labute approximate surface area is 159 Å². The topological polar surface area (TPSA) is 51.2 Å². The van der Waals surface area contributed by atoms with Crippen LogP contribution in [0.25, 0.3) is 28.1 Å². The Hall–Kier alpha value is -2.73. The molecule has 0 aliphatic rings. The van der Waals surface area contributed by atoms with Gasteiger partial charge >= 0.3 is 0 Å². The van der Waals surface area contributed by atoms with E-state index < -0.39 is 0 Å². The highest BCUT2D eigenvalue weighted by atomic mass is 15.3. The smallest absolute Gasteiger partial charge is 0.182 e. The maximum Gasteiger partial charge on any atom is 0.182 e. The summed E-state index contributed by atoms with van der Waals surface area (Å²) < 4.78 is 4.12. The summed E-state index contributed by atoms with van der Waals surface area (Å²) in [5.41, 5.74) is 5.37. The minimum absolute atomic E-state index is 0.734. The monoisotopic (exact) mass is 362 g/mol. The van der Waals surface area contributed by atoms with Crippen LogP contribution < -0.4 is 0 Å². The molecule has 3 aromatic heterocycles. The van der Waals surface area contributed by atoms with Gasteiger partial charge in [0.15, 0.2) is 11.5 Å². The van der Waals surface area contributed by atoms with E-state index in [1.165, 1.54) is 11.3 Å². The first kappa shape index (κ1) is 17.7. The first-order chi connectivity index (χ1) is 13.1. The highest BCUT2D eigenvalue weighted by Gasteiger charge is 2.18. The molecule has 0 atom stereocenters. The second-order valence-corrected chi connectivity index (χ2v) is 6.90. The fraction of sp³-hybridized carbons (Fsp3) is 0.381. The van der Waals surface area contributed by atoms with Crippen LogP contribution in [0, 0.1) is 13.8 Å². The lowest BCUT2D eigenvalue weighted by Gasteiger charge is -2.19. The summed E-state index contributed by atoms with van der Waals surface area (Å²) in [4.78, 5) is 12.0. The third-order valence-electron chi connectivity index (χ3n) is 5.51. The van der Waals surface area contributed by atoms with Crippen molar-refractivity contribution in [1.29, 1.82) is 0 Å². The SMILES string of the molecule is CCN(CC)CCn1c(C)c(C)c2c1ncn1nc(-c3ccccc3)nc21. The largest absolute Gasteiger partial charge is 0.328 e. The van der Waals surface area contributed by atoms with Crippen LogP contribution in [0.5, 0.6) is 0 Å². The first-order valence-corrected chi connectivity index (χ1v) is 9.62. The Morgan fingerprint density at radius 1 is 1.00 bits per heavy atom. The Bertz CT molecular complexity index is 1070. The van der Waals surface area contributed by atoms with Gasteiger partial charge in [0.25, 0.3) is 0 Å². The molecule has 0 amide bonds. The van der Waals surface area contributed by atoms with E-state index in [2.05, 4.69) is 42.3 Å². The van der Waals surface area contributed by atoms with E-state index >= 15 is 0 Å². The van der Waals surface area contributed by atoms with Crippen LogP contribution >= 0.6 is 0 Å². The van der Waals surface area contributed by atoms with Gasteiger partial charge in [0.1, 0.15) is 12.0 Å². The highest BCUT2D eigenvalue weighted by Crippen LogP contribution is 2.28. The fourth-order valence-electron chi connectivity index (χ4n) is 3.69. The molecule has 0 aliphatic heterocycles. The van der Waals surface area contributed by atoms with Crippen molar-refractivity contribution in [3.05, 3.63) is 47.9 Å². The standard InChI is InChI=1S/C21H26N6/c1-5-25(6-2)12-13-26-16(4)15(3)18-20(26)22-14-27-21(18)23-19(24-27)17-10-8-7-9-11-17/h7-11,14H,5-6,12-13H2,1-4H3. The second-order valence-electron chi connectivity index (χ2n) is 6.90. The summed E-state index contributed by atoms with van der Waals surface area (Å²) in [5, 5.41) is 5.74. The van der Waals surface area contributed by atoms with Gasteiger partial charge < -0.3 is 9.47 Å². The normalized spacial score (nSPS) is 11.9. The van der Waals surface area contributed by atoms with Crippen LogP contribution in [0.2, 0.25) is 0 Å². The second kappa shape index (κ2) is 7.12. The highest BCUT2D eigenvalue weighted by molar-refractivity contribution is 5.94. The molecular formula is C21H26N6. The van der Waals surface area contributed by atoms with Gasteiger partial charge in [-0.1, -0.05) is 44.2 Å². The van der Waals surface area contributed by atoms with E-state index in [9.17, 15) is 0 Å². The number of likely N-dealkylation sites (N-methyl/N-ethyl adjacent to an activating group) is 1. The van der Waals surface area contributed by atoms with Crippen molar-refractivity contribution in [2.45, 2.75) is 34.2 Å². The van der Waals surface area contributed by atoms with Gasteiger partial charge in [0, 0.05) is 24.3 Å². The van der Waals surface area contributed by atoms with Crippen molar-refractivity contribution in [3.8, 4) is 11.4 Å². The Balaban J connectivity index is 1.82. The van der Waals surface area contributed by atoms with Crippen molar-refractivity contribution < 1.29 is 0 Å². The average molecular weight is 362 g/mol. The van der Waals surface area contributed by atoms with E-state index in [0.29, 0.717) is 0 Å². The van der Waals surface area contributed by atoms with Gasteiger partial charge in [-0.25, -0.2) is 14.5 Å². The van der Waals surface area contributed by atoms with Crippen molar-refractivity contribution in [1.82, 2.24) is 29.0 Å². The number of aryl methyl sites for hydroxylation is 1. The van der Waals surface area contributed by atoms with Gasteiger partial charge in [0.05, 0.1) is 5.39 Å². The molecule has 0 saturated carbocycles. The number of hydrogen-bond donors (Lipinski definition) is 0. The van der Waals surface area contributed by atoms with Gasteiger partial charge in [-0.3, -0.25) is 0 Å². The fourth-order valence-corrected chi connectivity index (χ4v) is 3.69. The molecule has 0 saturated heterocycles. The maximum atomic E-state index is 4.84. The maximum absolute atomic E-state index is 4.84. The molecule has 0 N–H and O–H groups in total. The molecule has 1 aromatic carbocycles. The molecule has 27 heavy (non-hydrogen) atoms. The van der Waals surface area contributed by atoms with Crippen LogP contribution in [0.3, 0.4) is 0 Å². The molecule has 0 fully saturated rings. The zero-order valence-electron chi connectivity index (χ0n) is 16.5. The zero-order valence-corrected chi connectivity index (χ0v) is 16.5. The number of aromatic nitrogens is 5. The van der Waals surface area contributed by atoms with Crippen LogP contribution in [0.15, 0.2) is 36.7 Å². The third kappa shape index (κ3) is 3.00. The summed E-state index contributed by atoms with van der Waals surface area (Å²) >= 11 is 0. The molecule has 6 nitrogen and oxygen atoms in total. The summed E-state index contributed by atoms with van der Waals surface area (Å²) in [6.07, 6.45) is 1.78. The number of nitrogens with zero attached hydrogens (tertiary/aromatic N) is 6. The lowest BCUT2D eigenvalue weighted by molar-refractivity contribution is 0.291. The van der Waals surface area contributed by atoms with E-state index in [1.807, 2.05) is 30.3 Å².